The van der Waals surface area contributed by atoms with E-state index in [9.17, 15) is 4.79 Å². The number of nitrogens with one attached hydrogen (secondary N) is 1. The minimum atomic E-state index is -0.922. The fraction of sp³-hybridized carbons (Fsp3) is 0.286. The maximum atomic E-state index is 11.0. The van der Waals surface area contributed by atoms with Crippen molar-refractivity contribution in [1.82, 2.24) is 9.55 Å². The minimum absolute atomic E-state index is 0.278. The second kappa shape index (κ2) is 7.09. The summed E-state index contributed by atoms with van der Waals surface area (Å²) in [7, 11) is 0. The van der Waals surface area contributed by atoms with E-state index in [1.807, 2.05) is 16.8 Å². The molecule has 1 aromatic heterocycles. The summed E-state index contributed by atoms with van der Waals surface area (Å²) in [5.41, 5.74) is 1.10. The topological polar surface area (TPSA) is 67.2 Å². The van der Waals surface area contributed by atoms with Gasteiger partial charge in [0.15, 0.2) is 0 Å². The summed E-state index contributed by atoms with van der Waals surface area (Å²) in [6.07, 6.45) is 7.57. The summed E-state index contributed by atoms with van der Waals surface area (Å²) >= 11 is 3.32. The number of anilines is 1. The van der Waals surface area contributed by atoms with Crippen molar-refractivity contribution < 1.29 is 9.90 Å². The van der Waals surface area contributed by atoms with Gasteiger partial charge < -0.3 is 15.0 Å². The van der Waals surface area contributed by atoms with E-state index >= 15 is 0 Å². The van der Waals surface area contributed by atoms with E-state index in [4.69, 9.17) is 5.11 Å². The van der Waals surface area contributed by atoms with E-state index in [1.54, 1.807) is 24.7 Å². The predicted molar refractivity (Wildman–Crippen MR) is 81.1 cm³/mol. The number of aromatic carboxylic acids is 1. The van der Waals surface area contributed by atoms with Crippen LogP contribution >= 0.6 is 15.9 Å². The van der Waals surface area contributed by atoms with Gasteiger partial charge in [0.05, 0.1) is 11.9 Å². The van der Waals surface area contributed by atoms with Gasteiger partial charge in [0.2, 0.25) is 0 Å². The Morgan fingerprint density at radius 1 is 1.35 bits per heavy atom. The van der Waals surface area contributed by atoms with Gasteiger partial charge >= 0.3 is 5.97 Å². The Hall–Kier alpha value is -1.82. The van der Waals surface area contributed by atoms with Crippen LogP contribution in [0.1, 0.15) is 23.2 Å². The van der Waals surface area contributed by atoms with Crippen molar-refractivity contribution in [2.45, 2.75) is 19.4 Å². The van der Waals surface area contributed by atoms with E-state index in [-0.39, 0.29) is 5.56 Å². The summed E-state index contributed by atoms with van der Waals surface area (Å²) < 4.78 is 2.81. The molecule has 6 heteroatoms. The maximum absolute atomic E-state index is 11.0. The number of benzene rings is 1. The zero-order valence-electron chi connectivity index (χ0n) is 10.9. The Balaban J connectivity index is 1.77. The van der Waals surface area contributed by atoms with Gasteiger partial charge in [0.25, 0.3) is 0 Å². The van der Waals surface area contributed by atoms with Crippen molar-refractivity contribution in [2.75, 3.05) is 11.9 Å². The van der Waals surface area contributed by atoms with Crippen molar-refractivity contribution >= 4 is 27.6 Å². The number of imidazole rings is 1. The molecule has 20 heavy (non-hydrogen) atoms. The quantitative estimate of drug-likeness (QED) is 0.761. The first-order valence-electron chi connectivity index (χ1n) is 6.38. The first-order chi connectivity index (χ1) is 9.65. The highest BCUT2D eigenvalue weighted by Crippen LogP contribution is 2.19. The molecule has 2 rings (SSSR count). The van der Waals surface area contributed by atoms with E-state index in [0.717, 1.165) is 36.1 Å². The first-order valence-corrected chi connectivity index (χ1v) is 7.18. The molecule has 0 atom stereocenters. The van der Waals surface area contributed by atoms with Crippen LogP contribution in [-0.4, -0.2) is 27.2 Å². The molecule has 0 aliphatic rings. The molecule has 5 nitrogen and oxygen atoms in total. The summed E-state index contributed by atoms with van der Waals surface area (Å²) in [5.74, 6) is -0.922. The zero-order valence-corrected chi connectivity index (χ0v) is 12.5. The molecule has 0 saturated heterocycles. The van der Waals surface area contributed by atoms with Gasteiger partial charge in [0.1, 0.15) is 0 Å². The lowest BCUT2D eigenvalue weighted by Gasteiger charge is -2.08. The van der Waals surface area contributed by atoms with Crippen LogP contribution in [0.3, 0.4) is 0 Å². The SMILES string of the molecule is O=C(O)c1cc(Br)cc(NCCCCn2ccnc2)c1. The summed E-state index contributed by atoms with van der Waals surface area (Å²) in [5, 5.41) is 12.2. The molecular weight excluding hydrogens is 322 g/mol. The third-order valence-corrected chi connectivity index (χ3v) is 3.33. The number of aromatic nitrogens is 2. The fourth-order valence-corrected chi connectivity index (χ4v) is 2.38. The zero-order chi connectivity index (χ0) is 14.4. The molecule has 1 heterocycles. The number of carboxylic acids is 1. The second-order valence-electron chi connectivity index (χ2n) is 4.47. The van der Waals surface area contributed by atoms with Crippen LogP contribution in [0.5, 0.6) is 0 Å². The third kappa shape index (κ3) is 4.38. The second-order valence-corrected chi connectivity index (χ2v) is 5.38. The van der Waals surface area contributed by atoms with Crippen molar-refractivity contribution in [1.29, 1.82) is 0 Å². The van der Waals surface area contributed by atoms with Crippen molar-refractivity contribution in [3.8, 4) is 0 Å². The molecule has 0 unspecified atom stereocenters. The number of carboxylic acid groups (broad SMARTS) is 1. The van der Waals surface area contributed by atoms with Gasteiger partial charge in [-0.05, 0) is 31.0 Å². The number of rotatable bonds is 7. The fourth-order valence-electron chi connectivity index (χ4n) is 1.89. The van der Waals surface area contributed by atoms with Crippen LogP contribution in [0, 0.1) is 0 Å². The normalized spacial score (nSPS) is 10.4. The lowest BCUT2D eigenvalue weighted by Crippen LogP contribution is -2.05. The highest BCUT2D eigenvalue weighted by atomic mass is 79.9. The van der Waals surface area contributed by atoms with Crippen LogP contribution < -0.4 is 5.32 Å². The van der Waals surface area contributed by atoms with Gasteiger partial charge in [0, 0.05) is 35.6 Å². The molecule has 0 bridgehead atoms. The standard InChI is InChI=1S/C14H16BrN3O2/c15-12-7-11(14(19)20)8-13(9-12)17-3-1-2-5-18-6-4-16-10-18/h4,6-10,17H,1-3,5H2,(H,19,20). The summed E-state index contributed by atoms with van der Waals surface area (Å²) in [4.78, 5) is 14.9. The molecule has 0 amide bonds. The molecular formula is C14H16BrN3O2. The Morgan fingerprint density at radius 2 is 2.20 bits per heavy atom. The molecule has 0 spiro atoms. The maximum Gasteiger partial charge on any atom is 0.335 e. The van der Waals surface area contributed by atoms with Crippen LogP contribution in [0.25, 0.3) is 0 Å². The van der Waals surface area contributed by atoms with Crippen LogP contribution in [0.4, 0.5) is 5.69 Å². The Morgan fingerprint density at radius 3 is 2.90 bits per heavy atom. The molecule has 0 aliphatic carbocycles. The van der Waals surface area contributed by atoms with Gasteiger partial charge in [-0.3, -0.25) is 0 Å². The first kappa shape index (κ1) is 14.6. The number of hydrogen-bond acceptors (Lipinski definition) is 3. The molecule has 0 fully saturated rings. The molecule has 2 aromatic rings. The van der Waals surface area contributed by atoms with Crippen LogP contribution in [0.2, 0.25) is 0 Å². The number of carbonyl (C=O) groups is 1. The number of nitrogens with zero attached hydrogens (tertiary/aromatic N) is 2. The van der Waals surface area contributed by atoms with E-state index in [1.165, 1.54) is 0 Å². The van der Waals surface area contributed by atoms with E-state index < -0.39 is 5.97 Å². The highest BCUT2D eigenvalue weighted by molar-refractivity contribution is 9.10. The minimum Gasteiger partial charge on any atom is -0.478 e. The number of unbranched alkanes of at least 4 members (excludes halogenated alkanes) is 1. The van der Waals surface area contributed by atoms with Gasteiger partial charge in [-0.15, -0.1) is 0 Å². The molecule has 0 saturated carbocycles. The molecule has 0 aliphatic heterocycles. The van der Waals surface area contributed by atoms with Crippen LogP contribution in [0.15, 0.2) is 41.4 Å². The van der Waals surface area contributed by atoms with Gasteiger partial charge in [-0.1, -0.05) is 15.9 Å². The van der Waals surface area contributed by atoms with Crippen molar-refractivity contribution in [3.05, 3.63) is 47.0 Å². The highest BCUT2D eigenvalue weighted by Gasteiger charge is 2.05. The lowest BCUT2D eigenvalue weighted by molar-refractivity contribution is 0.0697. The third-order valence-electron chi connectivity index (χ3n) is 2.88. The van der Waals surface area contributed by atoms with Crippen LogP contribution in [-0.2, 0) is 6.54 Å². The largest absolute Gasteiger partial charge is 0.478 e. The van der Waals surface area contributed by atoms with E-state index in [0.29, 0.717) is 0 Å². The molecule has 106 valence electrons. The lowest BCUT2D eigenvalue weighted by atomic mass is 10.2. The molecule has 2 N–H and O–H groups in total. The smallest absolute Gasteiger partial charge is 0.335 e. The Kier molecular flexibility index (Phi) is 5.17. The van der Waals surface area contributed by atoms with Gasteiger partial charge in [-0.2, -0.15) is 0 Å². The number of hydrogen-bond donors (Lipinski definition) is 2. The van der Waals surface area contributed by atoms with E-state index in [2.05, 4.69) is 26.2 Å². The molecule has 0 radical (unpaired) electrons. The summed E-state index contributed by atoms with van der Waals surface area (Å²) in [6.45, 7) is 1.75. The van der Waals surface area contributed by atoms with Crippen molar-refractivity contribution in [3.63, 3.8) is 0 Å². The average molecular weight is 338 g/mol. The number of halogens is 1. The monoisotopic (exact) mass is 337 g/mol. The predicted octanol–water partition coefficient (Wildman–Crippen LogP) is 3.24. The molecule has 1 aromatic carbocycles. The van der Waals surface area contributed by atoms with Crippen molar-refractivity contribution in [2.24, 2.45) is 0 Å². The number of aryl methyl sites for hydroxylation is 1. The Labute approximate surface area is 125 Å². The summed E-state index contributed by atoms with van der Waals surface area (Å²) in [6, 6.07) is 5.11. The average Bonchev–Trinajstić information content (AvgIpc) is 2.91. The Bertz CT molecular complexity index is 570. The van der Waals surface area contributed by atoms with Gasteiger partial charge in [-0.25, -0.2) is 9.78 Å².